The Morgan fingerprint density at radius 3 is 2.81 bits per heavy atom. The molecule has 1 aliphatic rings. The third kappa shape index (κ3) is 2.98. The molecule has 0 spiro atoms. The Kier molecular flexibility index (Phi) is 3.54. The third-order valence-electron chi connectivity index (χ3n) is 3.42. The zero-order valence-corrected chi connectivity index (χ0v) is 12.5. The van der Waals surface area contributed by atoms with Crippen molar-refractivity contribution in [1.82, 2.24) is 9.97 Å². The molecule has 21 heavy (non-hydrogen) atoms. The molecule has 1 amide bonds. The van der Waals surface area contributed by atoms with Crippen LogP contribution in [0.4, 0.5) is 5.82 Å². The van der Waals surface area contributed by atoms with Crippen LogP contribution in [-0.2, 0) is 13.8 Å². The van der Waals surface area contributed by atoms with E-state index in [-0.39, 0.29) is 24.0 Å². The van der Waals surface area contributed by atoms with Crippen molar-refractivity contribution >= 4 is 42.4 Å². The van der Waals surface area contributed by atoms with Crippen LogP contribution in [0.2, 0.25) is 0 Å². The summed E-state index contributed by atoms with van der Waals surface area (Å²) in [5.74, 6) is -0.155. The molecule has 0 saturated carbocycles. The maximum atomic E-state index is 12.1. The normalized spacial score (nSPS) is 19.4. The highest BCUT2D eigenvalue weighted by atomic mass is 35.7. The van der Waals surface area contributed by atoms with Crippen molar-refractivity contribution in [3.05, 3.63) is 30.6 Å². The molecule has 1 fully saturated rings. The van der Waals surface area contributed by atoms with Gasteiger partial charge in [-0.3, -0.25) is 9.69 Å². The lowest BCUT2D eigenvalue weighted by atomic mass is 10.1. The molecule has 8 heteroatoms. The summed E-state index contributed by atoms with van der Waals surface area (Å²) in [6.07, 6.45) is 1.56. The van der Waals surface area contributed by atoms with Gasteiger partial charge in [0.25, 0.3) is 0 Å². The van der Waals surface area contributed by atoms with E-state index in [9.17, 15) is 13.2 Å². The van der Waals surface area contributed by atoms with E-state index < -0.39 is 9.05 Å². The lowest BCUT2D eigenvalue weighted by molar-refractivity contribution is -0.117. The summed E-state index contributed by atoms with van der Waals surface area (Å²) in [6, 6.07) is 7.37. The van der Waals surface area contributed by atoms with Gasteiger partial charge in [-0.25, -0.2) is 18.4 Å². The number of hydrogen-bond donors (Lipinski definition) is 0. The van der Waals surface area contributed by atoms with Crippen molar-refractivity contribution in [3.8, 4) is 0 Å². The lowest BCUT2D eigenvalue weighted by Gasteiger charge is -2.17. The van der Waals surface area contributed by atoms with E-state index in [2.05, 4.69) is 9.97 Å². The van der Waals surface area contributed by atoms with Gasteiger partial charge in [0.1, 0.15) is 12.1 Å². The van der Waals surface area contributed by atoms with Crippen LogP contribution in [0.5, 0.6) is 0 Å². The largest absolute Gasteiger partial charge is 0.296 e. The van der Waals surface area contributed by atoms with Crippen LogP contribution >= 0.6 is 10.7 Å². The minimum Gasteiger partial charge on any atom is -0.296 e. The first-order valence-corrected chi connectivity index (χ1v) is 8.84. The van der Waals surface area contributed by atoms with Gasteiger partial charge in [-0.15, -0.1) is 0 Å². The first kappa shape index (κ1) is 14.2. The van der Waals surface area contributed by atoms with Crippen LogP contribution in [0.15, 0.2) is 30.6 Å². The number of nitrogens with zero attached hydrogens (tertiary/aromatic N) is 3. The van der Waals surface area contributed by atoms with E-state index in [0.29, 0.717) is 12.4 Å². The molecule has 3 rings (SSSR count). The number of carbonyl (C=O) groups is 1. The summed E-state index contributed by atoms with van der Waals surface area (Å²) in [5.41, 5.74) is 0.740. The van der Waals surface area contributed by atoms with Crippen molar-refractivity contribution in [2.45, 2.75) is 6.42 Å². The van der Waals surface area contributed by atoms with Crippen LogP contribution in [0, 0.1) is 5.92 Å². The second-order valence-corrected chi connectivity index (χ2v) is 7.82. The summed E-state index contributed by atoms with van der Waals surface area (Å²) in [7, 11) is 1.65. The van der Waals surface area contributed by atoms with Crippen LogP contribution in [0.25, 0.3) is 10.9 Å². The van der Waals surface area contributed by atoms with Gasteiger partial charge in [0.2, 0.25) is 15.0 Å². The van der Waals surface area contributed by atoms with Gasteiger partial charge >= 0.3 is 0 Å². The molecule has 0 bridgehead atoms. The van der Waals surface area contributed by atoms with Crippen molar-refractivity contribution in [2.24, 2.45) is 5.92 Å². The number of aromatic nitrogens is 2. The van der Waals surface area contributed by atoms with Gasteiger partial charge in [0.15, 0.2) is 0 Å². The molecule has 1 saturated heterocycles. The SMILES string of the molecule is O=C1CC(CS(=O)(=O)Cl)CN1c1ncnc2ccccc12. The summed E-state index contributed by atoms with van der Waals surface area (Å²) in [4.78, 5) is 22.0. The average Bonchev–Trinajstić information content (AvgIpc) is 2.76. The van der Waals surface area contributed by atoms with Crippen molar-refractivity contribution in [3.63, 3.8) is 0 Å². The molecule has 0 aliphatic carbocycles. The second kappa shape index (κ2) is 5.23. The van der Waals surface area contributed by atoms with Crippen molar-refractivity contribution < 1.29 is 13.2 Å². The smallest absolute Gasteiger partial charge is 0.232 e. The Bertz CT molecular complexity index is 804. The van der Waals surface area contributed by atoms with E-state index >= 15 is 0 Å². The quantitative estimate of drug-likeness (QED) is 0.800. The van der Waals surface area contributed by atoms with Gasteiger partial charge in [-0.2, -0.15) is 0 Å². The van der Waals surface area contributed by atoms with Gasteiger partial charge in [0.05, 0.1) is 11.3 Å². The number of benzene rings is 1. The van der Waals surface area contributed by atoms with Gasteiger partial charge < -0.3 is 0 Å². The fraction of sp³-hybridized carbons (Fsp3) is 0.308. The number of carbonyl (C=O) groups excluding carboxylic acids is 1. The number of para-hydroxylation sites is 1. The van der Waals surface area contributed by atoms with Gasteiger partial charge in [-0.1, -0.05) is 12.1 Å². The Labute approximate surface area is 126 Å². The highest BCUT2D eigenvalue weighted by molar-refractivity contribution is 8.13. The molecule has 1 aromatic heterocycles. The van der Waals surface area contributed by atoms with Crippen molar-refractivity contribution in [1.29, 1.82) is 0 Å². The van der Waals surface area contributed by atoms with E-state index in [0.717, 1.165) is 10.9 Å². The number of anilines is 1. The molecule has 6 nitrogen and oxygen atoms in total. The van der Waals surface area contributed by atoms with Crippen LogP contribution < -0.4 is 4.90 Å². The van der Waals surface area contributed by atoms with Crippen LogP contribution in [-0.4, -0.2) is 36.6 Å². The highest BCUT2D eigenvalue weighted by Crippen LogP contribution is 2.29. The molecular formula is C13H12ClN3O3S. The van der Waals surface area contributed by atoms with E-state index in [1.54, 1.807) is 0 Å². The minimum absolute atomic E-state index is 0.149. The molecule has 0 radical (unpaired) electrons. The predicted octanol–water partition coefficient (Wildman–Crippen LogP) is 1.55. The standard InChI is InChI=1S/C13H12ClN3O3S/c14-21(19,20)7-9-5-12(18)17(6-9)13-10-3-1-2-4-11(10)15-8-16-13/h1-4,8-9H,5-7H2. The summed E-state index contributed by atoms with van der Waals surface area (Å²) in [5, 5.41) is 0.766. The number of hydrogen-bond acceptors (Lipinski definition) is 5. The summed E-state index contributed by atoms with van der Waals surface area (Å²) < 4.78 is 22.3. The summed E-state index contributed by atoms with van der Waals surface area (Å²) >= 11 is 0. The first-order valence-electron chi connectivity index (χ1n) is 6.36. The number of halogens is 1. The number of amides is 1. The topological polar surface area (TPSA) is 80.2 Å². The Balaban J connectivity index is 1.95. The molecule has 2 aromatic rings. The molecule has 2 heterocycles. The average molecular weight is 326 g/mol. The maximum Gasteiger partial charge on any atom is 0.232 e. The lowest BCUT2D eigenvalue weighted by Crippen LogP contribution is -2.26. The fourth-order valence-electron chi connectivity index (χ4n) is 2.59. The van der Waals surface area contributed by atoms with Gasteiger partial charge in [-0.05, 0) is 12.1 Å². The molecular weight excluding hydrogens is 314 g/mol. The monoisotopic (exact) mass is 325 g/mol. The Morgan fingerprint density at radius 2 is 2.05 bits per heavy atom. The van der Waals surface area contributed by atoms with Gasteiger partial charge in [0, 0.05) is 35.0 Å². The Morgan fingerprint density at radius 1 is 1.29 bits per heavy atom. The molecule has 110 valence electrons. The molecule has 0 N–H and O–H groups in total. The van der Waals surface area contributed by atoms with Crippen LogP contribution in [0.3, 0.4) is 0 Å². The molecule has 1 unspecified atom stereocenters. The van der Waals surface area contributed by atoms with E-state index in [1.807, 2.05) is 24.3 Å². The van der Waals surface area contributed by atoms with E-state index in [4.69, 9.17) is 10.7 Å². The maximum absolute atomic E-state index is 12.1. The van der Waals surface area contributed by atoms with E-state index in [1.165, 1.54) is 11.2 Å². The predicted molar refractivity (Wildman–Crippen MR) is 79.6 cm³/mol. The summed E-state index contributed by atoms with van der Waals surface area (Å²) in [6.45, 7) is 0.297. The highest BCUT2D eigenvalue weighted by Gasteiger charge is 2.34. The minimum atomic E-state index is -3.62. The zero-order valence-electron chi connectivity index (χ0n) is 10.9. The fourth-order valence-corrected chi connectivity index (χ4v) is 3.91. The third-order valence-corrected chi connectivity index (χ3v) is 4.66. The molecule has 1 atom stereocenters. The molecule has 1 aliphatic heterocycles. The Hall–Kier alpha value is -1.73. The van der Waals surface area contributed by atoms with Crippen LogP contribution in [0.1, 0.15) is 6.42 Å². The molecule has 1 aromatic carbocycles. The number of rotatable bonds is 3. The number of fused-ring (bicyclic) bond motifs is 1. The first-order chi connectivity index (χ1) is 9.94. The second-order valence-electron chi connectivity index (χ2n) is 4.99. The van der Waals surface area contributed by atoms with Crippen molar-refractivity contribution in [2.75, 3.05) is 17.2 Å². The zero-order chi connectivity index (χ0) is 15.0.